The van der Waals surface area contributed by atoms with Gasteiger partial charge in [-0.3, -0.25) is 4.79 Å². The van der Waals surface area contributed by atoms with E-state index in [1.54, 1.807) is 26.4 Å². The van der Waals surface area contributed by atoms with Gasteiger partial charge in [0.25, 0.3) is 0 Å². The Kier molecular flexibility index (Phi) is 7.08. The molecule has 0 fully saturated rings. The van der Waals surface area contributed by atoms with Crippen molar-refractivity contribution in [3.8, 4) is 11.5 Å². The molecule has 2 rings (SSSR count). The van der Waals surface area contributed by atoms with E-state index >= 15 is 0 Å². The number of methoxy groups -OCH3 is 2. The second-order valence-electron chi connectivity index (χ2n) is 5.74. The summed E-state index contributed by atoms with van der Waals surface area (Å²) in [6, 6.07) is 15.7. The predicted molar refractivity (Wildman–Crippen MR) is 101 cm³/mol. The van der Waals surface area contributed by atoms with Gasteiger partial charge in [0.1, 0.15) is 11.5 Å². The maximum absolute atomic E-state index is 12.1. The van der Waals surface area contributed by atoms with Crippen molar-refractivity contribution in [1.82, 2.24) is 5.32 Å². The molecule has 1 N–H and O–H groups in total. The summed E-state index contributed by atoms with van der Waals surface area (Å²) in [4.78, 5) is 12.1. The van der Waals surface area contributed by atoms with Crippen LogP contribution in [0.25, 0.3) is 6.08 Å². The Morgan fingerprint density at radius 3 is 2.28 bits per heavy atom. The van der Waals surface area contributed by atoms with E-state index in [4.69, 9.17) is 9.47 Å². The molecule has 0 heterocycles. The molecule has 2 aromatic carbocycles. The smallest absolute Gasteiger partial charge is 0.244 e. The second-order valence-corrected chi connectivity index (χ2v) is 5.74. The molecule has 4 heteroatoms. The van der Waals surface area contributed by atoms with Gasteiger partial charge in [0.05, 0.1) is 14.2 Å². The third kappa shape index (κ3) is 5.68. The van der Waals surface area contributed by atoms with E-state index in [9.17, 15) is 4.79 Å². The number of carbonyl (C=O) groups is 1. The quantitative estimate of drug-likeness (QED) is 0.739. The zero-order chi connectivity index (χ0) is 18.1. The zero-order valence-corrected chi connectivity index (χ0v) is 15.0. The first-order chi connectivity index (χ1) is 12.2. The summed E-state index contributed by atoms with van der Waals surface area (Å²) in [7, 11) is 3.20. The molecular formula is C21H25NO3. The maximum Gasteiger partial charge on any atom is 0.244 e. The molecule has 1 atom stereocenters. The van der Waals surface area contributed by atoms with Gasteiger partial charge in [0, 0.05) is 24.6 Å². The van der Waals surface area contributed by atoms with Crippen LogP contribution in [0.4, 0.5) is 0 Å². The van der Waals surface area contributed by atoms with Gasteiger partial charge in [0.2, 0.25) is 5.91 Å². The van der Waals surface area contributed by atoms with Crippen molar-refractivity contribution in [1.29, 1.82) is 0 Å². The van der Waals surface area contributed by atoms with Crippen LogP contribution in [0.2, 0.25) is 0 Å². The average molecular weight is 339 g/mol. The largest absolute Gasteiger partial charge is 0.497 e. The van der Waals surface area contributed by atoms with Crippen LogP contribution in [0.15, 0.2) is 54.6 Å². The first-order valence-corrected chi connectivity index (χ1v) is 8.40. The van der Waals surface area contributed by atoms with Crippen LogP contribution >= 0.6 is 0 Å². The minimum Gasteiger partial charge on any atom is -0.497 e. The minimum atomic E-state index is -0.115. The summed E-state index contributed by atoms with van der Waals surface area (Å²) in [6.07, 6.45) is 4.26. The highest BCUT2D eigenvalue weighted by Crippen LogP contribution is 2.23. The molecular weight excluding hydrogens is 314 g/mol. The number of hydrogen-bond acceptors (Lipinski definition) is 3. The van der Waals surface area contributed by atoms with E-state index in [-0.39, 0.29) is 5.91 Å². The molecule has 0 aliphatic rings. The van der Waals surface area contributed by atoms with Crippen molar-refractivity contribution < 1.29 is 14.3 Å². The number of carbonyl (C=O) groups excluding carboxylic acids is 1. The Labute approximate surface area is 149 Å². The SMILES string of the molecule is CCC(CNC(=O)/C=C/c1cc(OC)cc(OC)c1)c1ccccc1. The summed E-state index contributed by atoms with van der Waals surface area (Å²) < 4.78 is 10.5. The van der Waals surface area contributed by atoms with Gasteiger partial charge in [0.15, 0.2) is 0 Å². The Morgan fingerprint density at radius 1 is 1.08 bits per heavy atom. The highest BCUT2D eigenvalue weighted by molar-refractivity contribution is 5.91. The van der Waals surface area contributed by atoms with Gasteiger partial charge < -0.3 is 14.8 Å². The van der Waals surface area contributed by atoms with Gasteiger partial charge in [-0.1, -0.05) is 37.3 Å². The summed E-state index contributed by atoms with van der Waals surface area (Å²) in [6.45, 7) is 2.74. The molecule has 0 radical (unpaired) electrons. The second kappa shape index (κ2) is 9.52. The van der Waals surface area contributed by atoms with Crippen molar-refractivity contribution in [2.45, 2.75) is 19.3 Å². The third-order valence-electron chi connectivity index (χ3n) is 4.09. The Morgan fingerprint density at radius 2 is 1.72 bits per heavy atom. The molecule has 2 aromatic rings. The normalized spacial score (nSPS) is 12.0. The van der Waals surface area contributed by atoms with Crippen molar-refractivity contribution in [3.05, 3.63) is 65.7 Å². The number of amides is 1. The molecule has 0 aliphatic heterocycles. The molecule has 0 aliphatic carbocycles. The molecule has 0 bridgehead atoms. The average Bonchev–Trinajstić information content (AvgIpc) is 2.67. The monoisotopic (exact) mass is 339 g/mol. The molecule has 0 saturated carbocycles. The van der Waals surface area contributed by atoms with Gasteiger partial charge >= 0.3 is 0 Å². The van der Waals surface area contributed by atoms with Crippen molar-refractivity contribution >= 4 is 12.0 Å². The number of benzene rings is 2. The third-order valence-corrected chi connectivity index (χ3v) is 4.09. The van der Waals surface area contributed by atoms with Crippen molar-refractivity contribution in [2.24, 2.45) is 0 Å². The highest BCUT2D eigenvalue weighted by Gasteiger charge is 2.09. The summed E-state index contributed by atoms with van der Waals surface area (Å²) >= 11 is 0. The van der Waals surface area contributed by atoms with Crippen LogP contribution in [-0.2, 0) is 4.79 Å². The van der Waals surface area contributed by atoms with E-state index < -0.39 is 0 Å². The summed E-state index contributed by atoms with van der Waals surface area (Å²) in [5.74, 6) is 1.58. The lowest BCUT2D eigenvalue weighted by Crippen LogP contribution is -2.26. The van der Waals surface area contributed by atoms with Gasteiger partial charge in [-0.2, -0.15) is 0 Å². The molecule has 25 heavy (non-hydrogen) atoms. The number of nitrogens with one attached hydrogen (secondary N) is 1. The topological polar surface area (TPSA) is 47.6 Å². The summed E-state index contributed by atoms with van der Waals surface area (Å²) in [5, 5.41) is 2.97. The predicted octanol–water partition coefficient (Wildman–Crippen LogP) is 4.03. The number of ether oxygens (including phenoxy) is 2. The fourth-order valence-corrected chi connectivity index (χ4v) is 2.60. The number of rotatable bonds is 8. The summed E-state index contributed by atoms with van der Waals surface area (Å²) in [5.41, 5.74) is 2.09. The minimum absolute atomic E-state index is 0.115. The first kappa shape index (κ1) is 18.6. The Hall–Kier alpha value is -2.75. The van der Waals surface area contributed by atoms with Gasteiger partial charge in [-0.05, 0) is 35.8 Å². The van der Waals surface area contributed by atoms with Crippen LogP contribution in [-0.4, -0.2) is 26.7 Å². The molecule has 0 spiro atoms. The van der Waals surface area contributed by atoms with Crippen molar-refractivity contribution in [2.75, 3.05) is 20.8 Å². The van der Waals surface area contributed by atoms with E-state index in [1.807, 2.05) is 30.3 Å². The van der Waals surface area contributed by atoms with E-state index in [0.717, 1.165) is 12.0 Å². The first-order valence-electron chi connectivity index (χ1n) is 8.40. The Balaban J connectivity index is 1.96. The van der Waals surface area contributed by atoms with E-state index in [2.05, 4.69) is 24.4 Å². The van der Waals surface area contributed by atoms with Gasteiger partial charge in [-0.25, -0.2) is 0 Å². The van der Waals surface area contributed by atoms with Crippen LogP contribution in [0, 0.1) is 0 Å². The lowest BCUT2D eigenvalue weighted by atomic mass is 9.96. The lowest BCUT2D eigenvalue weighted by Gasteiger charge is -2.15. The van der Waals surface area contributed by atoms with Crippen LogP contribution in [0.5, 0.6) is 11.5 Å². The van der Waals surface area contributed by atoms with Crippen LogP contribution < -0.4 is 14.8 Å². The lowest BCUT2D eigenvalue weighted by molar-refractivity contribution is -0.116. The standard InChI is InChI=1S/C21H25NO3/c1-4-17(18-8-6-5-7-9-18)15-22-21(23)11-10-16-12-19(24-2)14-20(13-16)25-3/h5-14,17H,4,15H2,1-3H3,(H,22,23)/b11-10+. The van der Waals surface area contributed by atoms with Crippen LogP contribution in [0.3, 0.4) is 0 Å². The maximum atomic E-state index is 12.1. The number of hydrogen-bond donors (Lipinski definition) is 1. The fourth-order valence-electron chi connectivity index (χ4n) is 2.60. The van der Waals surface area contributed by atoms with Gasteiger partial charge in [-0.15, -0.1) is 0 Å². The Bertz CT molecular complexity index is 688. The molecule has 1 amide bonds. The zero-order valence-electron chi connectivity index (χ0n) is 15.0. The molecule has 4 nitrogen and oxygen atoms in total. The van der Waals surface area contributed by atoms with E-state index in [0.29, 0.717) is 24.0 Å². The highest BCUT2D eigenvalue weighted by atomic mass is 16.5. The molecule has 0 aromatic heterocycles. The van der Waals surface area contributed by atoms with E-state index in [1.165, 1.54) is 11.6 Å². The van der Waals surface area contributed by atoms with Crippen molar-refractivity contribution in [3.63, 3.8) is 0 Å². The van der Waals surface area contributed by atoms with Crippen LogP contribution in [0.1, 0.15) is 30.4 Å². The fraction of sp³-hybridized carbons (Fsp3) is 0.286. The molecule has 132 valence electrons. The molecule has 1 unspecified atom stereocenters. The molecule has 0 saturated heterocycles.